The van der Waals surface area contributed by atoms with Crippen LogP contribution in [0.4, 0.5) is 10.1 Å². The van der Waals surface area contributed by atoms with Gasteiger partial charge in [-0.3, -0.25) is 0 Å². The fourth-order valence-corrected chi connectivity index (χ4v) is 3.17. The SMILES string of the molecule is COc1ccc(N2CC3CNCC(C3)C2)cc1F. The first-order valence-electron chi connectivity index (χ1n) is 6.55. The fourth-order valence-electron chi connectivity index (χ4n) is 3.17. The molecular formula is C14H19FN2O. The van der Waals surface area contributed by atoms with E-state index in [4.69, 9.17) is 4.74 Å². The first-order valence-corrected chi connectivity index (χ1v) is 6.55. The van der Waals surface area contributed by atoms with Crippen LogP contribution in [-0.2, 0) is 0 Å². The van der Waals surface area contributed by atoms with Crippen LogP contribution in [0.25, 0.3) is 0 Å². The summed E-state index contributed by atoms with van der Waals surface area (Å²) in [5.74, 6) is 1.44. The molecule has 18 heavy (non-hydrogen) atoms. The van der Waals surface area contributed by atoms with Crippen LogP contribution in [0.3, 0.4) is 0 Å². The van der Waals surface area contributed by atoms with Crippen LogP contribution >= 0.6 is 0 Å². The van der Waals surface area contributed by atoms with Gasteiger partial charge in [-0.1, -0.05) is 0 Å². The zero-order valence-electron chi connectivity index (χ0n) is 10.7. The van der Waals surface area contributed by atoms with Gasteiger partial charge in [0, 0.05) is 24.8 Å². The number of nitrogens with one attached hydrogen (secondary N) is 1. The highest BCUT2D eigenvalue weighted by Crippen LogP contribution is 2.30. The summed E-state index contributed by atoms with van der Waals surface area (Å²) in [5.41, 5.74) is 0.977. The first-order chi connectivity index (χ1) is 8.76. The summed E-state index contributed by atoms with van der Waals surface area (Å²) >= 11 is 0. The molecule has 0 aliphatic carbocycles. The van der Waals surface area contributed by atoms with E-state index in [2.05, 4.69) is 10.2 Å². The molecule has 0 radical (unpaired) electrons. The van der Waals surface area contributed by atoms with Crippen LogP contribution in [0.1, 0.15) is 6.42 Å². The van der Waals surface area contributed by atoms with Crippen LogP contribution in [0.2, 0.25) is 0 Å². The maximum absolute atomic E-state index is 13.7. The second-order valence-corrected chi connectivity index (χ2v) is 5.35. The van der Waals surface area contributed by atoms with Crippen LogP contribution in [0.15, 0.2) is 18.2 Å². The second-order valence-electron chi connectivity index (χ2n) is 5.35. The highest BCUT2D eigenvalue weighted by atomic mass is 19.1. The zero-order chi connectivity index (χ0) is 12.5. The number of fused-ring (bicyclic) bond motifs is 2. The van der Waals surface area contributed by atoms with E-state index >= 15 is 0 Å². The van der Waals surface area contributed by atoms with Crippen molar-refractivity contribution in [2.75, 3.05) is 38.2 Å². The van der Waals surface area contributed by atoms with Gasteiger partial charge >= 0.3 is 0 Å². The summed E-state index contributed by atoms with van der Waals surface area (Å²) in [4.78, 5) is 2.31. The van der Waals surface area contributed by atoms with E-state index in [-0.39, 0.29) is 5.82 Å². The smallest absolute Gasteiger partial charge is 0.167 e. The molecule has 0 aromatic heterocycles. The highest BCUT2D eigenvalue weighted by molar-refractivity contribution is 5.50. The predicted molar refractivity (Wildman–Crippen MR) is 69.6 cm³/mol. The molecule has 3 rings (SSSR count). The molecule has 2 saturated heterocycles. The van der Waals surface area contributed by atoms with Crippen molar-refractivity contribution in [3.8, 4) is 5.75 Å². The lowest BCUT2D eigenvalue weighted by Gasteiger charge is -2.42. The van der Waals surface area contributed by atoms with Crippen molar-refractivity contribution in [1.82, 2.24) is 5.32 Å². The van der Waals surface area contributed by atoms with Gasteiger partial charge in [0.2, 0.25) is 0 Å². The predicted octanol–water partition coefficient (Wildman–Crippen LogP) is 1.88. The fraction of sp³-hybridized carbons (Fsp3) is 0.571. The van der Waals surface area contributed by atoms with E-state index in [9.17, 15) is 4.39 Å². The highest BCUT2D eigenvalue weighted by Gasteiger charge is 2.30. The molecule has 2 aliphatic heterocycles. The average molecular weight is 250 g/mol. The number of ether oxygens (including phenoxy) is 1. The molecule has 2 unspecified atom stereocenters. The lowest BCUT2D eigenvalue weighted by molar-refractivity contribution is 0.249. The number of piperidine rings is 2. The Bertz CT molecular complexity index is 426. The third-order valence-electron chi connectivity index (χ3n) is 3.99. The average Bonchev–Trinajstić information content (AvgIpc) is 2.38. The molecule has 2 aliphatic rings. The molecule has 0 amide bonds. The Hall–Kier alpha value is -1.29. The van der Waals surface area contributed by atoms with E-state index in [1.54, 1.807) is 12.1 Å². The lowest BCUT2D eigenvalue weighted by Crippen LogP contribution is -2.51. The van der Waals surface area contributed by atoms with Crippen molar-refractivity contribution in [2.45, 2.75) is 6.42 Å². The first kappa shape index (κ1) is 11.8. The van der Waals surface area contributed by atoms with E-state index < -0.39 is 0 Å². The van der Waals surface area contributed by atoms with Gasteiger partial charge in [-0.15, -0.1) is 0 Å². The summed E-state index contributed by atoms with van der Waals surface area (Å²) in [6, 6.07) is 5.26. The minimum absolute atomic E-state index is 0.274. The number of anilines is 1. The summed E-state index contributed by atoms with van der Waals surface area (Å²) in [6.45, 7) is 4.22. The Balaban J connectivity index is 1.80. The van der Waals surface area contributed by atoms with Crippen molar-refractivity contribution in [1.29, 1.82) is 0 Å². The maximum Gasteiger partial charge on any atom is 0.167 e. The number of nitrogens with zero attached hydrogens (tertiary/aromatic N) is 1. The molecule has 1 aromatic carbocycles. The molecule has 2 heterocycles. The molecule has 1 aromatic rings. The van der Waals surface area contributed by atoms with E-state index in [0.717, 1.165) is 31.9 Å². The molecule has 3 nitrogen and oxygen atoms in total. The Morgan fingerprint density at radius 1 is 1.28 bits per heavy atom. The number of hydrogen-bond donors (Lipinski definition) is 1. The molecule has 2 bridgehead atoms. The Kier molecular flexibility index (Phi) is 3.12. The third kappa shape index (κ3) is 2.17. The topological polar surface area (TPSA) is 24.5 Å². The maximum atomic E-state index is 13.7. The van der Waals surface area contributed by atoms with Gasteiger partial charge in [0.05, 0.1) is 7.11 Å². The molecule has 1 N–H and O–H groups in total. The number of rotatable bonds is 2. The summed E-state index contributed by atoms with van der Waals surface area (Å²) in [6.07, 6.45) is 1.31. The van der Waals surface area contributed by atoms with Gasteiger partial charge in [-0.05, 0) is 43.5 Å². The Morgan fingerprint density at radius 3 is 2.61 bits per heavy atom. The normalized spacial score (nSPS) is 27.1. The Morgan fingerprint density at radius 2 is 2.00 bits per heavy atom. The summed E-state index contributed by atoms with van der Waals surface area (Å²) < 4.78 is 18.7. The third-order valence-corrected chi connectivity index (χ3v) is 3.99. The van der Waals surface area contributed by atoms with E-state index in [0.29, 0.717) is 17.6 Å². The molecule has 4 heteroatoms. The molecule has 2 fully saturated rings. The van der Waals surface area contributed by atoms with Crippen LogP contribution in [0, 0.1) is 17.7 Å². The summed E-state index contributed by atoms with van der Waals surface area (Å²) in [5, 5.41) is 3.47. The van der Waals surface area contributed by atoms with Gasteiger partial charge in [-0.2, -0.15) is 0 Å². The number of halogens is 1. The molecule has 2 atom stereocenters. The zero-order valence-corrected chi connectivity index (χ0v) is 10.7. The number of hydrogen-bond acceptors (Lipinski definition) is 3. The molecule has 0 saturated carbocycles. The van der Waals surface area contributed by atoms with Gasteiger partial charge < -0.3 is 15.0 Å². The van der Waals surface area contributed by atoms with Crippen LogP contribution in [-0.4, -0.2) is 33.3 Å². The van der Waals surface area contributed by atoms with Gasteiger partial charge in [0.15, 0.2) is 11.6 Å². The van der Waals surface area contributed by atoms with Crippen molar-refractivity contribution in [2.24, 2.45) is 11.8 Å². The van der Waals surface area contributed by atoms with E-state index in [1.165, 1.54) is 13.5 Å². The van der Waals surface area contributed by atoms with Crippen LogP contribution in [0.5, 0.6) is 5.75 Å². The van der Waals surface area contributed by atoms with Crippen molar-refractivity contribution >= 4 is 5.69 Å². The molecule has 0 spiro atoms. The Labute approximate surface area is 107 Å². The van der Waals surface area contributed by atoms with Crippen LogP contribution < -0.4 is 15.0 Å². The largest absolute Gasteiger partial charge is 0.494 e. The van der Waals surface area contributed by atoms with Crippen molar-refractivity contribution in [3.63, 3.8) is 0 Å². The van der Waals surface area contributed by atoms with Gasteiger partial charge in [-0.25, -0.2) is 4.39 Å². The molecule has 98 valence electrons. The second kappa shape index (κ2) is 4.76. The van der Waals surface area contributed by atoms with Crippen molar-refractivity contribution in [3.05, 3.63) is 24.0 Å². The van der Waals surface area contributed by atoms with Gasteiger partial charge in [0.1, 0.15) is 0 Å². The minimum Gasteiger partial charge on any atom is -0.494 e. The lowest BCUT2D eigenvalue weighted by atomic mass is 9.85. The monoisotopic (exact) mass is 250 g/mol. The van der Waals surface area contributed by atoms with Gasteiger partial charge in [0.25, 0.3) is 0 Å². The van der Waals surface area contributed by atoms with E-state index in [1.807, 2.05) is 6.07 Å². The number of methoxy groups -OCH3 is 1. The number of benzene rings is 1. The quantitative estimate of drug-likeness (QED) is 0.867. The minimum atomic E-state index is -0.274. The summed E-state index contributed by atoms with van der Waals surface area (Å²) in [7, 11) is 1.50. The molecular weight excluding hydrogens is 231 g/mol. The standard InChI is InChI=1S/C14H19FN2O/c1-18-14-3-2-12(5-13(14)15)17-8-10-4-11(9-17)7-16-6-10/h2-3,5,10-11,16H,4,6-9H2,1H3. The van der Waals surface area contributed by atoms with Crippen molar-refractivity contribution < 1.29 is 9.13 Å².